The first kappa shape index (κ1) is 31.5. The number of piperidine rings is 1. The van der Waals surface area contributed by atoms with Gasteiger partial charge in [0.05, 0.1) is 34.1 Å². The highest BCUT2D eigenvalue weighted by Gasteiger charge is 2.26. The molecule has 46 heavy (non-hydrogen) atoms. The van der Waals surface area contributed by atoms with E-state index in [0.29, 0.717) is 17.2 Å². The minimum absolute atomic E-state index is 0.257. The van der Waals surface area contributed by atoms with Gasteiger partial charge in [0, 0.05) is 48.2 Å². The molecule has 8 heteroatoms. The molecule has 2 N–H and O–H groups in total. The fourth-order valence-corrected chi connectivity index (χ4v) is 6.54. The van der Waals surface area contributed by atoms with Crippen molar-refractivity contribution in [3.63, 3.8) is 0 Å². The van der Waals surface area contributed by atoms with E-state index < -0.39 is 5.60 Å². The predicted octanol–water partition coefficient (Wildman–Crippen LogP) is 8.10. The van der Waals surface area contributed by atoms with E-state index in [1.807, 2.05) is 57.5 Å². The number of nitrogens with zero attached hydrogens (tertiary/aromatic N) is 4. The maximum absolute atomic E-state index is 13.7. The molecule has 1 aliphatic heterocycles. The molecule has 0 bridgehead atoms. The van der Waals surface area contributed by atoms with E-state index in [1.54, 1.807) is 18.3 Å². The number of aliphatic hydroxyl groups is 1. The van der Waals surface area contributed by atoms with Crippen molar-refractivity contribution in [3.05, 3.63) is 102 Å². The zero-order chi connectivity index (χ0) is 32.8. The molecule has 240 valence electrons. The molecule has 7 nitrogen and oxygen atoms in total. The van der Waals surface area contributed by atoms with Crippen LogP contribution in [0.4, 0.5) is 15.8 Å². The highest BCUT2D eigenvalue weighted by molar-refractivity contribution is 6.08. The molecule has 6 rings (SSSR count). The van der Waals surface area contributed by atoms with Crippen LogP contribution in [0, 0.1) is 18.7 Å². The molecule has 1 saturated heterocycles. The van der Waals surface area contributed by atoms with Crippen molar-refractivity contribution >= 4 is 28.2 Å². The molecule has 0 spiro atoms. The average Bonchev–Trinajstić information content (AvgIpc) is 3.59. The molecule has 1 fully saturated rings. The van der Waals surface area contributed by atoms with Crippen LogP contribution in [0.2, 0.25) is 0 Å². The molecule has 0 saturated carbocycles. The Kier molecular flexibility index (Phi) is 8.27. The number of carbonyl (C=O) groups is 1. The summed E-state index contributed by atoms with van der Waals surface area (Å²) >= 11 is 0. The maximum atomic E-state index is 13.7. The summed E-state index contributed by atoms with van der Waals surface area (Å²) in [5.41, 5.74) is 5.76. The summed E-state index contributed by atoms with van der Waals surface area (Å²) in [4.78, 5) is 16.1. The number of aromatic nitrogens is 3. The highest BCUT2D eigenvalue weighted by atomic mass is 19.1. The third-order valence-electron chi connectivity index (χ3n) is 9.11. The van der Waals surface area contributed by atoms with Crippen molar-refractivity contribution in [2.24, 2.45) is 5.92 Å². The molecular formula is C38H44FN5O2. The number of halogens is 1. The monoisotopic (exact) mass is 621 g/mol. The number of hydrogen-bond donors (Lipinski definition) is 2. The molecule has 3 aromatic carbocycles. The lowest BCUT2D eigenvalue weighted by atomic mass is 9.95. The van der Waals surface area contributed by atoms with Crippen LogP contribution in [0.5, 0.6) is 0 Å². The van der Waals surface area contributed by atoms with Gasteiger partial charge < -0.3 is 19.9 Å². The zero-order valence-corrected chi connectivity index (χ0v) is 27.6. The Morgan fingerprint density at radius 1 is 0.978 bits per heavy atom. The van der Waals surface area contributed by atoms with Crippen LogP contribution >= 0.6 is 0 Å². The van der Waals surface area contributed by atoms with E-state index in [0.717, 1.165) is 54.8 Å². The summed E-state index contributed by atoms with van der Waals surface area (Å²) in [5, 5.41) is 19.1. The fraction of sp³-hybridized carbons (Fsp3) is 0.368. The van der Waals surface area contributed by atoms with E-state index in [4.69, 9.17) is 0 Å². The Morgan fingerprint density at radius 3 is 2.28 bits per heavy atom. The van der Waals surface area contributed by atoms with Gasteiger partial charge in [-0.3, -0.25) is 9.48 Å². The number of aryl methyl sites for hydroxylation is 1. The molecule has 0 atom stereocenters. The van der Waals surface area contributed by atoms with Crippen molar-refractivity contribution in [2.75, 3.05) is 23.3 Å². The van der Waals surface area contributed by atoms with Gasteiger partial charge in [0.25, 0.3) is 5.91 Å². The van der Waals surface area contributed by atoms with Gasteiger partial charge in [0.2, 0.25) is 0 Å². The van der Waals surface area contributed by atoms with E-state index in [2.05, 4.69) is 57.3 Å². The lowest BCUT2D eigenvalue weighted by Crippen LogP contribution is -2.35. The van der Waals surface area contributed by atoms with Gasteiger partial charge in [-0.25, -0.2) is 4.39 Å². The molecule has 0 radical (unpaired) electrons. The number of amides is 1. The zero-order valence-electron chi connectivity index (χ0n) is 27.6. The first-order valence-corrected chi connectivity index (χ1v) is 16.1. The van der Waals surface area contributed by atoms with Crippen molar-refractivity contribution in [3.8, 4) is 11.3 Å². The van der Waals surface area contributed by atoms with E-state index in [9.17, 15) is 14.3 Å². The van der Waals surface area contributed by atoms with Gasteiger partial charge >= 0.3 is 0 Å². The van der Waals surface area contributed by atoms with Gasteiger partial charge in [0.15, 0.2) is 0 Å². The molecular weight excluding hydrogens is 577 g/mol. The largest absolute Gasteiger partial charge is 0.386 e. The average molecular weight is 622 g/mol. The minimum atomic E-state index is -0.839. The second-order valence-electron chi connectivity index (χ2n) is 14.2. The van der Waals surface area contributed by atoms with Crippen LogP contribution < -0.4 is 10.2 Å². The predicted molar refractivity (Wildman–Crippen MR) is 184 cm³/mol. The second-order valence-corrected chi connectivity index (χ2v) is 14.2. The van der Waals surface area contributed by atoms with Crippen LogP contribution in [0.3, 0.4) is 0 Å². The summed E-state index contributed by atoms with van der Waals surface area (Å²) < 4.78 is 17.9. The summed E-state index contributed by atoms with van der Waals surface area (Å²) in [6.45, 7) is 14.7. The normalized spacial score (nSPS) is 14.7. The third kappa shape index (κ3) is 6.44. The fourth-order valence-electron chi connectivity index (χ4n) is 6.54. The van der Waals surface area contributed by atoms with Crippen molar-refractivity contribution in [1.29, 1.82) is 0 Å². The SMILES string of the molecule is Cc1cn(CC2CCN(c3ccc(C(C)(C)O)cc3)CC2)c2cc(NC(=O)c3cnn(C(C)(C)C)c3-c3ccc(F)cc3)ccc12. The van der Waals surface area contributed by atoms with Crippen LogP contribution in [0.1, 0.15) is 68.9 Å². The summed E-state index contributed by atoms with van der Waals surface area (Å²) in [6, 6.07) is 20.5. The van der Waals surface area contributed by atoms with Gasteiger partial charge in [-0.2, -0.15) is 5.10 Å². The topological polar surface area (TPSA) is 75.3 Å². The molecule has 0 unspecified atom stereocenters. The number of anilines is 2. The van der Waals surface area contributed by atoms with E-state index in [1.165, 1.54) is 28.8 Å². The van der Waals surface area contributed by atoms with E-state index in [-0.39, 0.29) is 17.3 Å². The van der Waals surface area contributed by atoms with Crippen LogP contribution in [-0.4, -0.2) is 38.5 Å². The van der Waals surface area contributed by atoms with Gasteiger partial charge in [-0.1, -0.05) is 18.2 Å². The summed E-state index contributed by atoms with van der Waals surface area (Å²) in [6.07, 6.45) is 6.00. The maximum Gasteiger partial charge on any atom is 0.259 e. The van der Waals surface area contributed by atoms with Crippen molar-refractivity contribution in [2.45, 2.75) is 72.1 Å². The number of fused-ring (bicyclic) bond motifs is 1. The molecule has 5 aromatic rings. The number of rotatable bonds is 7. The Hall–Kier alpha value is -4.43. The Bertz CT molecular complexity index is 1850. The lowest BCUT2D eigenvalue weighted by molar-refractivity contribution is 0.0786. The summed E-state index contributed by atoms with van der Waals surface area (Å²) in [7, 11) is 0. The molecule has 1 aliphatic rings. The van der Waals surface area contributed by atoms with Gasteiger partial charge in [0.1, 0.15) is 5.82 Å². The Balaban J connectivity index is 1.18. The number of benzene rings is 3. The molecule has 0 aliphatic carbocycles. The number of carbonyl (C=O) groups excluding carboxylic acids is 1. The highest BCUT2D eigenvalue weighted by Crippen LogP contribution is 2.32. The Morgan fingerprint density at radius 2 is 1.65 bits per heavy atom. The minimum Gasteiger partial charge on any atom is -0.386 e. The lowest BCUT2D eigenvalue weighted by Gasteiger charge is -2.34. The van der Waals surface area contributed by atoms with Crippen LogP contribution in [-0.2, 0) is 17.7 Å². The van der Waals surface area contributed by atoms with Crippen molar-refractivity contribution in [1.82, 2.24) is 14.3 Å². The number of hydrogen-bond acceptors (Lipinski definition) is 4. The number of nitrogens with one attached hydrogen (secondary N) is 1. The van der Waals surface area contributed by atoms with Crippen molar-refractivity contribution < 1.29 is 14.3 Å². The standard InChI is InChI=1S/C38H44FN5O2/c1-25-23-43(24-26-17-19-42(20-18-26)31-14-9-28(10-15-31)38(5,6)46)34-21-30(13-16-32(25)34)41-36(45)33-22-40-44(37(2,3)4)35(33)27-7-11-29(39)12-8-27/h7-16,21-23,26,46H,17-20,24H2,1-6H3,(H,41,45). The Labute approximate surface area is 270 Å². The van der Waals surface area contributed by atoms with Gasteiger partial charge in [-0.15, -0.1) is 0 Å². The molecule has 2 aromatic heterocycles. The smallest absolute Gasteiger partial charge is 0.259 e. The second kappa shape index (κ2) is 12.1. The molecule has 3 heterocycles. The van der Waals surface area contributed by atoms with E-state index >= 15 is 0 Å². The quantitative estimate of drug-likeness (QED) is 0.193. The molecule has 1 amide bonds. The summed E-state index contributed by atoms with van der Waals surface area (Å²) in [5.74, 6) is -0.0416. The van der Waals surface area contributed by atoms with Crippen LogP contribution in [0.25, 0.3) is 22.2 Å². The first-order chi connectivity index (χ1) is 21.8. The third-order valence-corrected chi connectivity index (χ3v) is 9.11. The first-order valence-electron chi connectivity index (χ1n) is 16.1. The van der Waals surface area contributed by atoms with Gasteiger partial charge in [-0.05, 0) is 120 Å². The van der Waals surface area contributed by atoms with Crippen LogP contribution in [0.15, 0.2) is 79.1 Å².